The van der Waals surface area contributed by atoms with Gasteiger partial charge in [-0.15, -0.1) is 0 Å². The van der Waals surface area contributed by atoms with E-state index in [-0.39, 0.29) is 19.1 Å². The summed E-state index contributed by atoms with van der Waals surface area (Å²) >= 11 is 0. The van der Waals surface area contributed by atoms with Crippen LogP contribution < -0.4 is 10.2 Å². The van der Waals surface area contributed by atoms with Gasteiger partial charge in [-0.1, -0.05) is 251 Å². The number of carbonyl (C=O) groups is 1. The zero-order valence-corrected chi connectivity index (χ0v) is 42.3. The molecule has 0 bridgehead atoms. The lowest BCUT2D eigenvalue weighted by atomic mass is 10.0. The number of allylic oxidation sites excluding steroid dienone is 1. The van der Waals surface area contributed by atoms with E-state index >= 15 is 0 Å². The van der Waals surface area contributed by atoms with Gasteiger partial charge in [0.05, 0.1) is 39.9 Å². The molecule has 0 aromatic carbocycles. The number of likely N-dealkylation sites (N-methyl/N-ethyl adjacent to an activating group) is 1. The number of aliphatic hydroxyl groups is 1. The number of unbranched alkanes of at least 4 members (excludes halogenated alkanes) is 36. The Kier molecular flexibility index (Phi) is 43.9. The highest BCUT2D eigenvalue weighted by Gasteiger charge is 2.23. The third kappa shape index (κ3) is 47.0. The van der Waals surface area contributed by atoms with Gasteiger partial charge in [0.1, 0.15) is 13.2 Å². The van der Waals surface area contributed by atoms with E-state index in [1.165, 1.54) is 205 Å². The van der Waals surface area contributed by atoms with E-state index in [0.29, 0.717) is 17.4 Å². The Balaban J connectivity index is 4.10. The van der Waals surface area contributed by atoms with E-state index in [1.807, 2.05) is 27.2 Å². The Morgan fingerprint density at radius 1 is 0.557 bits per heavy atom. The minimum Gasteiger partial charge on any atom is -0.756 e. The quantitative estimate of drug-likeness (QED) is 0.0273. The Bertz CT molecular complexity index is 1000. The zero-order valence-electron chi connectivity index (χ0n) is 41.4. The monoisotopic (exact) mass is 885 g/mol. The molecule has 0 aliphatic carbocycles. The predicted molar refractivity (Wildman–Crippen MR) is 261 cm³/mol. The number of phosphoric acid groups is 1. The first-order chi connectivity index (χ1) is 29.5. The molecule has 9 heteroatoms. The Hall–Kier alpha value is -0.760. The SMILES string of the molecule is CCCCCCCCCCCCCCCCCCCCCCCCCCCC/C=C/C(O)C(COP(=O)([O-])OCC[N+](C)(C)C)NC(=O)CCCCCCCCCCCCC. The number of rotatable bonds is 49. The fourth-order valence-corrected chi connectivity index (χ4v) is 8.76. The van der Waals surface area contributed by atoms with Gasteiger partial charge in [0, 0.05) is 6.42 Å². The molecular weight excluding hydrogens is 780 g/mol. The zero-order chi connectivity index (χ0) is 45.0. The second-order valence-electron chi connectivity index (χ2n) is 19.6. The number of carbonyl (C=O) groups excluding carboxylic acids is 1. The number of nitrogens with one attached hydrogen (secondary N) is 1. The van der Waals surface area contributed by atoms with Crippen LogP contribution in [0.5, 0.6) is 0 Å². The van der Waals surface area contributed by atoms with Crippen LogP contribution in [-0.2, 0) is 18.4 Å². The van der Waals surface area contributed by atoms with Crippen LogP contribution in [0.2, 0.25) is 0 Å². The molecule has 3 atom stereocenters. The van der Waals surface area contributed by atoms with Gasteiger partial charge in [-0.25, -0.2) is 0 Å². The average Bonchev–Trinajstić information content (AvgIpc) is 3.21. The lowest BCUT2D eigenvalue weighted by Gasteiger charge is -2.29. The minimum absolute atomic E-state index is 0.00223. The molecule has 0 saturated heterocycles. The van der Waals surface area contributed by atoms with Crippen molar-refractivity contribution in [2.75, 3.05) is 40.9 Å². The number of quaternary nitrogens is 1. The number of phosphoric ester groups is 1. The summed E-state index contributed by atoms with van der Waals surface area (Å²) in [6.45, 7) is 4.67. The Morgan fingerprint density at radius 2 is 0.885 bits per heavy atom. The van der Waals surface area contributed by atoms with Crippen molar-refractivity contribution in [1.82, 2.24) is 5.32 Å². The normalized spacial score (nSPS) is 14.1. The average molecular weight is 885 g/mol. The van der Waals surface area contributed by atoms with Gasteiger partial charge in [0.2, 0.25) is 5.91 Å². The fraction of sp³-hybridized carbons (Fsp3) is 0.942. The van der Waals surface area contributed by atoms with Crippen LogP contribution in [0.3, 0.4) is 0 Å². The van der Waals surface area contributed by atoms with E-state index in [9.17, 15) is 19.4 Å². The summed E-state index contributed by atoms with van der Waals surface area (Å²) in [6.07, 6.45) is 52.9. The fourth-order valence-electron chi connectivity index (χ4n) is 8.04. The molecule has 0 aliphatic heterocycles. The molecule has 0 spiro atoms. The Morgan fingerprint density at radius 3 is 1.23 bits per heavy atom. The summed E-state index contributed by atoms with van der Waals surface area (Å²) in [5.41, 5.74) is 0. The van der Waals surface area contributed by atoms with E-state index in [2.05, 4.69) is 19.2 Å². The van der Waals surface area contributed by atoms with Crippen molar-refractivity contribution in [2.24, 2.45) is 0 Å². The highest BCUT2D eigenvalue weighted by molar-refractivity contribution is 7.45. The predicted octanol–water partition coefficient (Wildman–Crippen LogP) is 14.8. The van der Waals surface area contributed by atoms with Gasteiger partial charge < -0.3 is 28.8 Å². The van der Waals surface area contributed by atoms with Crippen LogP contribution in [-0.4, -0.2) is 68.5 Å². The smallest absolute Gasteiger partial charge is 0.268 e. The highest BCUT2D eigenvalue weighted by atomic mass is 31.2. The number of hydrogen-bond acceptors (Lipinski definition) is 6. The second-order valence-corrected chi connectivity index (χ2v) is 21.0. The van der Waals surface area contributed by atoms with Gasteiger partial charge >= 0.3 is 0 Å². The van der Waals surface area contributed by atoms with E-state index in [4.69, 9.17) is 9.05 Å². The van der Waals surface area contributed by atoms with Crippen LogP contribution >= 0.6 is 7.82 Å². The molecular formula is C52H105N2O6P. The van der Waals surface area contributed by atoms with Crippen LogP contribution in [0.25, 0.3) is 0 Å². The molecule has 0 radical (unpaired) electrons. The minimum atomic E-state index is -4.58. The first-order valence-electron chi connectivity index (χ1n) is 26.6. The summed E-state index contributed by atoms with van der Waals surface area (Å²) < 4.78 is 23.2. The molecule has 1 amide bonds. The topological polar surface area (TPSA) is 108 Å². The molecule has 0 rings (SSSR count). The largest absolute Gasteiger partial charge is 0.756 e. The molecule has 0 aromatic heterocycles. The highest BCUT2D eigenvalue weighted by Crippen LogP contribution is 2.38. The first kappa shape index (κ1) is 60.2. The maximum atomic E-state index is 12.8. The van der Waals surface area contributed by atoms with Crippen molar-refractivity contribution in [1.29, 1.82) is 0 Å². The van der Waals surface area contributed by atoms with Crippen LogP contribution in [0.15, 0.2) is 12.2 Å². The standard InChI is InChI=1S/C52H105N2O6P/c1-6-8-10-12-14-16-18-19-20-21-22-23-24-25-26-27-28-29-30-31-32-33-34-36-37-39-41-43-45-51(55)50(49-60-61(57,58)59-48-47-54(3,4)5)53-52(56)46-44-42-40-38-35-17-15-13-11-9-7-2/h43,45,50-51,55H,6-42,44,46-49H2,1-5H3,(H-,53,56,57,58)/b45-43+. The summed E-state index contributed by atoms with van der Waals surface area (Å²) in [7, 11) is 1.27. The third-order valence-electron chi connectivity index (χ3n) is 12.2. The van der Waals surface area contributed by atoms with Crippen LogP contribution in [0.4, 0.5) is 0 Å². The van der Waals surface area contributed by atoms with E-state index in [0.717, 1.165) is 38.5 Å². The molecule has 364 valence electrons. The van der Waals surface area contributed by atoms with Gasteiger partial charge in [0.25, 0.3) is 7.82 Å². The lowest BCUT2D eigenvalue weighted by molar-refractivity contribution is -0.870. The van der Waals surface area contributed by atoms with Crippen molar-refractivity contribution in [3.8, 4) is 0 Å². The van der Waals surface area contributed by atoms with Crippen molar-refractivity contribution in [3.63, 3.8) is 0 Å². The van der Waals surface area contributed by atoms with E-state index < -0.39 is 20.0 Å². The number of nitrogens with zero attached hydrogens (tertiary/aromatic N) is 1. The maximum Gasteiger partial charge on any atom is 0.268 e. The Labute approximate surface area is 380 Å². The van der Waals surface area contributed by atoms with Gasteiger partial charge in [-0.3, -0.25) is 9.36 Å². The van der Waals surface area contributed by atoms with Crippen molar-refractivity contribution in [3.05, 3.63) is 12.2 Å². The second kappa shape index (κ2) is 44.4. The summed E-state index contributed by atoms with van der Waals surface area (Å²) in [5.74, 6) is -0.195. The van der Waals surface area contributed by atoms with Crippen molar-refractivity contribution >= 4 is 13.7 Å². The van der Waals surface area contributed by atoms with Gasteiger partial charge in [-0.05, 0) is 19.3 Å². The molecule has 61 heavy (non-hydrogen) atoms. The van der Waals surface area contributed by atoms with Crippen LogP contribution in [0.1, 0.15) is 264 Å². The molecule has 3 unspecified atom stereocenters. The molecule has 0 saturated carbocycles. The van der Waals surface area contributed by atoms with Gasteiger partial charge in [0.15, 0.2) is 0 Å². The molecule has 0 fully saturated rings. The van der Waals surface area contributed by atoms with Gasteiger partial charge in [-0.2, -0.15) is 0 Å². The maximum absolute atomic E-state index is 12.8. The molecule has 0 heterocycles. The van der Waals surface area contributed by atoms with Crippen molar-refractivity contribution < 1.29 is 32.9 Å². The van der Waals surface area contributed by atoms with Crippen molar-refractivity contribution in [2.45, 2.75) is 276 Å². The van der Waals surface area contributed by atoms with E-state index in [1.54, 1.807) is 6.08 Å². The molecule has 2 N–H and O–H groups in total. The lowest BCUT2D eigenvalue weighted by Crippen LogP contribution is -2.45. The number of hydrogen-bond donors (Lipinski definition) is 2. The summed E-state index contributed by atoms with van der Waals surface area (Å²) in [6, 6.07) is -0.880. The number of amides is 1. The molecule has 0 aromatic rings. The summed E-state index contributed by atoms with van der Waals surface area (Å²) in [5, 5.41) is 13.8. The van der Waals surface area contributed by atoms with Crippen LogP contribution in [0, 0.1) is 0 Å². The molecule has 0 aliphatic rings. The molecule has 8 nitrogen and oxygen atoms in total. The summed E-state index contributed by atoms with van der Waals surface area (Å²) in [4.78, 5) is 25.3. The third-order valence-corrected chi connectivity index (χ3v) is 13.2. The number of aliphatic hydroxyl groups excluding tert-OH is 1. The first-order valence-corrected chi connectivity index (χ1v) is 28.0.